The first-order valence-corrected chi connectivity index (χ1v) is 5.20. The maximum atomic E-state index is 10.8. The van der Waals surface area contributed by atoms with Gasteiger partial charge in [-0.15, -0.1) is 0 Å². The van der Waals surface area contributed by atoms with Crippen LogP contribution in [0.3, 0.4) is 0 Å². The van der Waals surface area contributed by atoms with Gasteiger partial charge in [0, 0.05) is 13.5 Å². The van der Waals surface area contributed by atoms with Crippen LogP contribution in [0.15, 0.2) is 6.20 Å². The van der Waals surface area contributed by atoms with Gasteiger partial charge in [-0.25, -0.2) is 9.55 Å². The third-order valence-electron chi connectivity index (χ3n) is 2.53. The van der Waals surface area contributed by atoms with E-state index in [1.165, 1.54) is 6.20 Å². The normalized spacial score (nSPS) is 12.7. The molecule has 0 fully saturated rings. The van der Waals surface area contributed by atoms with E-state index >= 15 is 0 Å². The third kappa shape index (κ3) is 2.56. The van der Waals surface area contributed by atoms with Crippen molar-refractivity contribution in [2.24, 2.45) is 11.5 Å². The van der Waals surface area contributed by atoms with Crippen molar-refractivity contribution in [1.82, 2.24) is 9.55 Å². The minimum atomic E-state index is -0.439. The molecule has 0 aliphatic heterocycles. The molecule has 0 aliphatic carbocycles. The summed E-state index contributed by atoms with van der Waals surface area (Å²) in [6.07, 6.45) is 2.78. The highest BCUT2D eigenvalue weighted by Crippen LogP contribution is 2.22. The molecule has 0 spiro atoms. The molecule has 1 unspecified atom stereocenters. The van der Waals surface area contributed by atoms with Gasteiger partial charge in [0.15, 0.2) is 5.82 Å². The lowest BCUT2D eigenvalue weighted by Crippen LogP contribution is -2.22. The number of aromatic nitrogens is 2. The van der Waals surface area contributed by atoms with Crippen molar-refractivity contribution in [3.8, 4) is 0 Å². The number of rotatable bonds is 6. The topological polar surface area (TPSA) is 113 Å². The lowest BCUT2D eigenvalue weighted by molar-refractivity contribution is -0.392. The summed E-state index contributed by atoms with van der Waals surface area (Å²) in [5.74, 6) is 0.601. The van der Waals surface area contributed by atoms with Gasteiger partial charge in [0.25, 0.3) is 0 Å². The molecule has 1 aromatic heterocycles. The highest BCUT2D eigenvalue weighted by Gasteiger charge is 2.24. The van der Waals surface area contributed by atoms with Crippen LogP contribution in [0.4, 0.5) is 5.82 Å². The van der Waals surface area contributed by atoms with Crippen molar-refractivity contribution in [3.05, 3.63) is 22.1 Å². The summed E-state index contributed by atoms with van der Waals surface area (Å²) in [4.78, 5) is 14.3. The van der Waals surface area contributed by atoms with Crippen LogP contribution in [0.25, 0.3) is 0 Å². The zero-order valence-electron chi connectivity index (χ0n) is 9.30. The summed E-state index contributed by atoms with van der Waals surface area (Å²) < 4.78 is 1.58. The molecule has 0 aliphatic rings. The predicted octanol–water partition coefficient (Wildman–Crippen LogP) is 0.338. The average molecular weight is 227 g/mol. The van der Waals surface area contributed by atoms with E-state index < -0.39 is 4.92 Å². The Morgan fingerprint density at radius 2 is 2.31 bits per heavy atom. The Bertz CT molecular complexity index is 363. The van der Waals surface area contributed by atoms with Gasteiger partial charge in [-0.1, -0.05) is 0 Å². The van der Waals surface area contributed by atoms with E-state index in [0.29, 0.717) is 18.9 Å². The summed E-state index contributed by atoms with van der Waals surface area (Å²) >= 11 is 0. The number of hydrogen-bond acceptors (Lipinski definition) is 5. The Hall–Kier alpha value is -1.47. The van der Waals surface area contributed by atoms with E-state index in [1.54, 1.807) is 11.5 Å². The fraction of sp³-hybridized carbons (Fsp3) is 0.667. The highest BCUT2D eigenvalue weighted by atomic mass is 16.6. The lowest BCUT2D eigenvalue weighted by Gasteiger charge is -2.13. The van der Waals surface area contributed by atoms with Crippen LogP contribution < -0.4 is 11.5 Å². The number of nitrogens with zero attached hydrogens (tertiary/aromatic N) is 3. The van der Waals surface area contributed by atoms with Crippen molar-refractivity contribution in [3.63, 3.8) is 0 Å². The maximum absolute atomic E-state index is 10.8. The van der Waals surface area contributed by atoms with Crippen molar-refractivity contribution in [1.29, 1.82) is 0 Å². The molecule has 1 rings (SSSR count). The quantitative estimate of drug-likeness (QED) is 0.537. The van der Waals surface area contributed by atoms with E-state index in [4.69, 9.17) is 11.5 Å². The number of hydrogen-bond donors (Lipinski definition) is 2. The Labute approximate surface area is 93.6 Å². The molecule has 7 heteroatoms. The van der Waals surface area contributed by atoms with E-state index in [-0.39, 0.29) is 11.9 Å². The molecule has 0 amide bonds. The van der Waals surface area contributed by atoms with Gasteiger partial charge in [-0.2, -0.15) is 0 Å². The second kappa shape index (κ2) is 5.57. The second-order valence-electron chi connectivity index (χ2n) is 3.61. The molecule has 1 atom stereocenters. The predicted molar refractivity (Wildman–Crippen MR) is 60.0 cm³/mol. The molecule has 4 N–H and O–H groups in total. The number of aryl methyl sites for hydroxylation is 1. The van der Waals surface area contributed by atoms with Crippen LogP contribution in [0.1, 0.15) is 24.7 Å². The highest BCUT2D eigenvalue weighted by molar-refractivity contribution is 5.20. The van der Waals surface area contributed by atoms with Crippen molar-refractivity contribution in [2.75, 3.05) is 13.1 Å². The molecular formula is C9H17N5O2. The second-order valence-corrected chi connectivity index (χ2v) is 3.61. The van der Waals surface area contributed by atoms with Gasteiger partial charge in [-0.05, 0) is 24.3 Å². The van der Waals surface area contributed by atoms with Gasteiger partial charge in [0.1, 0.15) is 12.2 Å². The molecular weight excluding hydrogens is 210 g/mol. The van der Waals surface area contributed by atoms with Crippen LogP contribution in [0, 0.1) is 17.0 Å². The van der Waals surface area contributed by atoms with Gasteiger partial charge >= 0.3 is 5.82 Å². The Kier molecular flexibility index (Phi) is 4.39. The van der Waals surface area contributed by atoms with Crippen LogP contribution in [-0.2, 0) is 0 Å². The summed E-state index contributed by atoms with van der Waals surface area (Å²) in [5.41, 5.74) is 11.1. The largest absolute Gasteiger partial charge is 0.358 e. The third-order valence-corrected chi connectivity index (χ3v) is 2.53. The number of nitrogens with two attached hydrogens (primary N) is 2. The fourth-order valence-electron chi connectivity index (χ4n) is 1.73. The first-order chi connectivity index (χ1) is 7.61. The monoisotopic (exact) mass is 227 g/mol. The minimum absolute atomic E-state index is 0.00929. The first kappa shape index (κ1) is 12.6. The van der Waals surface area contributed by atoms with Crippen molar-refractivity contribution < 1.29 is 4.92 Å². The number of imidazole rings is 1. The summed E-state index contributed by atoms with van der Waals surface area (Å²) in [6, 6.07) is -0.105. The molecule has 1 heterocycles. The van der Waals surface area contributed by atoms with Crippen LogP contribution in [-0.4, -0.2) is 27.6 Å². The van der Waals surface area contributed by atoms with Gasteiger partial charge in [0.05, 0.1) is 0 Å². The van der Waals surface area contributed by atoms with Crippen LogP contribution in [0.5, 0.6) is 0 Å². The standard InChI is InChI=1S/C9H17N5O2/c1-7-12-6-9(14(15)16)13(7)8(5-11)3-2-4-10/h6,8H,2-5,10-11H2,1H3. The fourth-order valence-corrected chi connectivity index (χ4v) is 1.73. The molecule has 90 valence electrons. The molecule has 0 saturated carbocycles. The zero-order valence-corrected chi connectivity index (χ0v) is 9.30. The number of nitro groups is 1. The van der Waals surface area contributed by atoms with Gasteiger partial charge < -0.3 is 21.6 Å². The SMILES string of the molecule is Cc1ncc([N+](=O)[O-])n1C(CN)CCCN. The van der Waals surface area contributed by atoms with E-state index in [9.17, 15) is 10.1 Å². The summed E-state index contributed by atoms with van der Waals surface area (Å²) in [5, 5.41) is 10.8. The molecule has 1 aromatic rings. The van der Waals surface area contributed by atoms with E-state index in [2.05, 4.69) is 4.98 Å². The summed E-state index contributed by atoms with van der Waals surface area (Å²) in [6.45, 7) is 2.63. The zero-order chi connectivity index (χ0) is 12.1. The van der Waals surface area contributed by atoms with Crippen molar-refractivity contribution >= 4 is 5.82 Å². The molecule has 7 nitrogen and oxygen atoms in total. The molecule has 0 radical (unpaired) electrons. The van der Waals surface area contributed by atoms with Gasteiger partial charge in [0.2, 0.25) is 0 Å². The average Bonchev–Trinajstić information content (AvgIpc) is 2.62. The first-order valence-electron chi connectivity index (χ1n) is 5.20. The van der Waals surface area contributed by atoms with Crippen molar-refractivity contribution in [2.45, 2.75) is 25.8 Å². The maximum Gasteiger partial charge on any atom is 0.343 e. The lowest BCUT2D eigenvalue weighted by atomic mass is 10.1. The Morgan fingerprint density at radius 3 is 2.81 bits per heavy atom. The molecule has 16 heavy (non-hydrogen) atoms. The molecule has 0 aromatic carbocycles. The van der Waals surface area contributed by atoms with Gasteiger partial charge in [-0.3, -0.25) is 0 Å². The Balaban J connectivity index is 2.98. The van der Waals surface area contributed by atoms with E-state index in [1.807, 2.05) is 0 Å². The van der Waals surface area contributed by atoms with Crippen LogP contribution in [0.2, 0.25) is 0 Å². The molecule has 0 saturated heterocycles. The molecule has 0 bridgehead atoms. The van der Waals surface area contributed by atoms with Crippen LogP contribution >= 0.6 is 0 Å². The minimum Gasteiger partial charge on any atom is -0.358 e. The Morgan fingerprint density at radius 1 is 1.62 bits per heavy atom. The summed E-state index contributed by atoms with van der Waals surface area (Å²) in [7, 11) is 0. The van der Waals surface area contributed by atoms with E-state index in [0.717, 1.165) is 12.8 Å². The smallest absolute Gasteiger partial charge is 0.343 e.